The van der Waals surface area contributed by atoms with Crippen molar-refractivity contribution in [2.24, 2.45) is 7.05 Å². The minimum atomic E-state index is -0.364. The number of nitrogens with zero attached hydrogens (tertiary/aromatic N) is 5. The van der Waals surface area contributed by atoms with E-state index in [1.165, 1.54) is 0 Å². The first-order chi connectivity index (χ1) is 13.5. The molecule has 7 nitrogen and oxygen atoms in total. The third-order valence-corrected chi connectivity index (χ3v) is 4.96. The van der Waals surface area contributed by atoms with Crippen molar-refractivity contribution in [2.75, 3.05) is 19.7 Å². The molecule has 0 aliphatic carbocycles. The molecule has 1 aromatic carbocycles. The van der Waals surface area contributed by atoms with Gasteiger partial charge in [-0.05, 0) is 19.1 Å². The van der Waals surface area contributed by atoms with Crippen LogP contribution >= 0.6 is 11.6 Å². The lowest BCUT2D eigenvalue weighted by Crippen LogP contribution is -2.42. The Labute approximate surface area is 167 Å². The summed E-state index contributed by atoms with van der Waals surface area (Å²) in [5.41, 5.74) is 3.60. The molecule has 1 aliphatic rings. The maximum Gasteiger partial charge on any atom is 0.257 e. The van der Waals surface area contributed by atoms with Gasteiger partial charge >= 0.3 is 0 Å². The van der Waals surface area contributed by atoms with Crippen LogP contribution < -0.4 is 0 Å². The average Bonchev–Trinajstić information content (AvgIpc) is 3.05. The highest BCUT2D eigenvalue weighted by Gasteiger charge is 2.30. The summed E-state index contributed by atoms with van der Waals surface area (Å²) in [5, 5.41) is 4.90. The number of rotatable bonds is 3. The van der Waals surface area contributed by atoms with Gasteiger partial charge in [-0.2, -0.15) is 5.10 Å². The molecule has 0 bridgehead atoms. The van der Waals surface area contributed by atoms with E-state index in [9.17, 15) is 4.79 Å². The monoisotopic (exact) mass is 397 g/mol. The van der Waals surface area contributed by atoms with Crippen molar-refractivity contribution in [3.05, 3.63) is 64.8 Å². The second-order valence-electron chi connectivity index (χ2n) is 6.71. The van der Waals surface area contributed by atoms with Gasteiger partial charge in [0, 0.05) is 42.8 Å². The average molecular weight is 398 g/mol. The van der Waals surface area contributed by atoms with Crippen molar-refractivity contribution in [2.45, 2.75) is 13.0 Å². The second-order valence-corrected chi connectivity index (χ2v) is 7.15. The fourth-order valence-electron chi connectivity index (χ4n) is 3.42. The van der Waals surface area contributed by atoms with Crippen LogP contribution in [0.25, 0.3) is 11.3 Å². The fraction of sp³-hybridized carbons (Fsp3) is 0.300. The summed E-state index contributed by atoms with van der Waals surface area (Å²) in [6.07, 6.45) is 4.67. The Kier molecular flexibility index (Phi) is 5.11. The summed E-state index contributed by atoms with van der Waals surface area (Å²) >= 11 is 6.14. The van der Waals surface area contributed by atoms with Crippen molar-refractivity contribution in [3.63, 3.8) is 0 Å². The van der Waals surface area contributed by atoms with E-state index < -0.39 is 0 Å². The molecule has 1 saturated heterocycles. The number of halogens is 1. The van der Waals surface area contributed by atoms with E-state index >= 15 is 0 Å². The molecule has 1 aliphatic heterocycles. The lowest BCUT2D eigenvalue weighted by atomic mass is 10.0. The van der Waals surface area contributed by atoms with E-state index in [1.54, 1.807) is 28.2 Å². The molecule has 0 radical (unpaired) electrons. The normalized spacial score (nSPS) is 17.0. The quantitative estimate of drug-likeness (QED) is 0.679. The first-order valence-electron chi connectivity index (χ1n) is 9.01. The van der Waals surface area contributed by atoms with Gasteiger partial charge in [-0.15, -0.1) is 0 Å². The predicted octanol–water partition coefficient (Wildman–Crippen LogP) is 3.05. The Morgan fingerprint density at radius 2 is 2.11 bits per heavy atom. The van der Waals surface area contributed by atoms with Crippen molar-refractivity contribution < 1.29 is 9.53 Å². The van der Waals surface area contributed by atoms with Crippen LogP contribution in [0.4, 0.5) is 0 Å². The number of aromatic nitrogens is 4. The van der Waals surface area contributed by atoms with E-state index in [-0.39, 0.29) is 12.0 Å². The second kappa shape index (κ2) is 7.69. The Morgan fingerprint density at radius 3 is 2.86 bits per heavy atom. The highest BCUT2D eigenvalue weighted by molar-refractivity contribution is 6.30. The van der Waals surface area contributed by atoms with Gasteiger partial charge in [-0.3, -0.25) is 19.4 Å². The molecule has 1 fully saturated rings. The molecular weight excluding hydrogens is 378 g/mol. The van der Waals surface area contributed by atoms with Gasteiger partial charge in [-0.1, -0.05) is 23.7 Å². The van der Waals surface area contributed by atoms with Crippen LogP contribution in [0.5, 0.6) is 0 Å². The molecule has 8 heteroatoms. The van der Waals surface area contributed by atoms with Crippen LogP contribution in [0.15, 0.2) is 42.9 Å². The SMILES string of the molecule is Cc1nn(C)cc1C(=O)N1CCO[C@@H](c2nccnc2-c2cccc(Cl)c2)C1. The number of amides is 1. The topological polar surface area (TPSA) is 73.1 Å². The van der Waals surface area contributed by atoms with Crippen LogP contribution in [0.1, 0.15) is 27.8 Å². The summed E-state index contributed by atoms with van der Waals surface area (Å²) < 4.78 is 7.61. The number of carbonyl (C=O) groups is 1. The Balaban J connectivity index is 1.62. The number of hydrogen-bond acceptors (Lipinski definition) is 5. The molecule has 3 aromatic rings. The first-order valence-corrected chi connectivity index (χ1v) is 9.38. The van der Waals surface area contributed by atoms with E-state index in [0.717, 1.165) is 11.3 Å². The maximum absolute atomic E-state index is 13.0. The van der Waals surface area contributed by atoms with Crippen LogP contribution in [0, 0.1) is 6.92 Å². The molecular formula is C20H20ClN5O2. The third kappa shape index (κ3) is 3.63. The summed E-state index contributed by atoms with van der Waals surface area (Å²) in [7, 11) is 1.81. The smallest absolute Gasteiger partial charge is 0.257 e. The largest absolute Gasteiger partial charge is 0.368 e. The molecule has 0 N–H and O–H groups in total. The molecule has 2 aromatic heterocycles. The lowest BCUT2D eigenvalue weighted by Gasteiger charge is -2.33. The van der Waals surface area contributed by atoms with Crippen molar-refractivity contribution in [3.8, 4) is 11.3 Å². The number of ether oxygens (including phenoxy) is 1. The van der Waals surface area contributed by atoms with Gasteiger partial charge in [0.05, 0.1) is 35.8 Å². The minimum Gasteiger partial charge on any atom is -0.368 e. The van der Waals surface area contributed by atoms with Gasteiger partial charge in [0.25, 0.3) is 5.91 Å². The Hall–Kier alpha value is -2.77. The number of aryl methyl sites for hydroxylation is 2. The zero-order valence-electron chi connectivity index (χ0n) is 15.7. The number of morpholine rings is 1. The van der Waals surface area contributed by atoms with Gasteiger partial charge < -0.3 is 9.64 Å². The molecule has 0 saturated carbocycles. The minimum absolute atomic E-state index is 0.0490. The molecule has 0 spiro atoms. The summed E-state index contributed by atoms with van der Waals surface area (Å²) in [6, 6.07) is 7.47. The number of hydrogen-bond donors (Lipinski definition) is 0. The zero-order valence-corrected chi connectivity index (χ0v) is 16.4. The molecule has 4 rings (SSSR count). The number of benzene rings is 1. The number of carbonyl (C=O) groups excluding carboxylic acids is 1. The predicted molar refractivity (Wildman–Crippen MR) is 105 cm³/mol. The molecule has 1 atom stereocenters. The maximum atomic E-state index is 13.0. The van der Waals surface area contributed by atoms with Crippen LogP contribution in [0.2, 0.25) is 5.02 Å². The third-order valence-electron chi connectivity index (χ3n) is 4.73. The molecule has 1 amide bonds. The van der Waals surface area contributed by atoms with E-state index in [2.05, 4.69) is 15.1 Å². The van der Waals surface area contributed by atoms with Crippen LogP contribution in [-0.4, -0.2) is 50.3 Å². The van der Waals surface area contributed by atoms with Gasteiger partial charge in [0.2, 0.25) is 0 Å². The van der Waals surface area contributed by atoms with Crippen LogP contribution in [-0.2, 0) is 11.8 Å². The van der Waals surface area contributed by atoms with E-state index in [4.69, 9.17) is 16.3 Å². The fourth-order valence-corrected chi connectivity index (χ4v) is 3.61. The Morgan fingerprint density at radius 1 is 1.29 bits per heavy atom. The van der Waals surface area contributed by atoms with Crippen LogP contribution in [0.3, 0.4) is 0 Å². The molecule has 3 heterocycles. The molecule has 144 valence electrons. The summed E-state index contributed by atoms with van der Waals surface area (Å²) in [6.45, 7) is 3.20. The molecule has 0 unspecified atom stereocenters. The van der Waals surface area contributed by atoms with Gasteiger partial charge in [0.15, 0.2) is 0 Å². The zero-order chi connectivity index (χ0) is 19.7. The summed E-state index contributed by atoms with van der Waals surface area (Å²) in [4.78, 5) is 23.8. The van der Waals surface area contributed by atoms with E-state index in [1.807, 2.05) is 38.2 Å². The highest BCUT2D eigenvalue weighted by atomic mass is 35.5. The Bertz CT molecular complexity index is 1020. The standard InChI is InChI=1S/C20H20ClN5O2/c1-13-16(11-25(2)24-13)20(27)26-8-9-28-17(12-26)19-18(22-6-7-23-19)14-4-3-5-15(21)10-14/h3-7,10-11,17H,8-9,12H2,1-2H3/t17-/m1/s1. The van der Waals surface area contributed by atoms with Gasteiger partial charge in [0.1, 0.15) is 6.10 Å². The van der Waals surface area contributed by atoms with Crippen molar-refractivity contribution in [1.29, 1.82) is 0 Å². The summed E-state index contributed by atoms with van der Waals surface area (Å²) in [5.74, 6) is -0.0490. The van der Waals surface area contributed by atoms with Crippen molar-refractivity contribution in [1.82, 2.24) is 24.6 Å². The first kappa shape index (κ1) is 18.6. The van der Waals surface area contributed by atoms with Gasteiger partial charge in [-0.25, -0.2) is 0 Å². The molecule has 28 heavy (non-hydrogen) atoms. The highest BCUT2D eigenvalue weighted by Crippen LogP contribution is 2.30. The van der Waals surface area contributed by atoms with Crippen molar-refractivity contribution >= 4 is 17.5 Å². The lowest BCUT2D eigenvalue weighted by molar-refractivity contribution is -0.0246. The van der Waals surface area contributed by atoms with E-state index in [0.29, 0.717) is 41.7 Å².